The molecule has 2 amide bonds. The van der Waals surface area contributed by atoms with E-state index >= 15 is 0 Å². The van der Waals surface area contributed by atoms with Gasteiger partial charge in [0.25, 0.3) is 11.1 Å². The van der Waals surface area contributed by atoms with Crippen LogP contribution >= 0.6 is 23.4 Å². The molecule has 0 bridgehead atoms. The van der Waals surface area contributed by atoms with Crippen molar-refractivity contribution in [2.24, 2.45) is 0 Å². The minimum atomic E-state index is -0.633. The van der Waals surface area contributed by atoms with E-state index in [-0.39, 0.29) is 34.8 Å². The molecule has 0 spiro atoms. The molecular weight excluding hydrogens is 454 g/mol. The van der Waals surface area contributed by atoms with E-state index in [9.17, 15) is 14.4 Å². The van der Waals surface area contributed by atoms with Gasteiger partial charge in [-0.2, -0.15) is 0 Å². The van der Waals surface area contributed by atoms with Crippen LogP contribution in [0, 0.1) is 0 Å². The Kier molecular flexibility index (Phi) is 6.63. The Labute approximate surface area is 192 Å². The maximum Gasteiger partial charge on any atom is 0.379 e. The molecule has 3 aromatic rings. The van der Waals surface area contributed by atoms with Crippen molar-refractivity contribution in [1.82, 2.24) is 4.90 Å². The summed E-state index contributed by atoms with van der Waals surface area (Å²) in [7, 11) is 0. The van der Waals surface area contributed by atoms with E-state index in [4.69, 9.17) is 25.5 Å². The van der Waals surface area contributed by atoms with Crippen LogP contribution in [0.25, 0.3) is 6.08 Å². The molecular formula is C23H16ClNO6S. The second-order valence-corrected chi connectivity index (χ2v) is 7.95. The van der Waals surface area contributed by atoms with E-state index < -0.39 is 11.9 Å². The molecule has 1 aliphatic heterocycles. The fourth-order valence-electron chi connectivity index (χ4n) is 2.87. The molecule has 0 aliphatic carbocycles. The SMILES string of the molecule is O=C(Oc1cccc(/C=C2\SC(=O)N(CCOc3ccccc3Cl)C2=O)c1)c1ccco1. The fourth-order valence-corrected chi connectivity index (χ4v) is 3.93. The Balaban J connectivity index is 1.40. The molecule has 0 radical (unpaired) electrons. The van der Waals surface area contributed by atoms with Crippen molar-refractivity contribution in [3.05, 3.63) is 88.2 Å². The number of nitrogens with zero attached hydrogens (tertiary/aromatic N) is 1. The smallest absolute Gasteiger partial charge is 0.379 e. The van der Waals surface area contributed by atoms with Crippen molar-refractivity contribution < 1.29 is 28.3 Å². The van der Waals surface area contributed by atoms with Crippen LogP contribution in [-0.2, 0) is 4.79 Å². The zero-order chi connectivity index (χ0) is 22.5. The van der Waals surface area contributed by atoms with Gasteiger partial charge in [-0.3, -0.25) is 14.5 Å². The number of rotatable bonds is 7. The third-order valence-electron chi connectivity index (χ3n) is 4.37. The van der Waals surface area contributed by atoms with Gasteiger partial charge >= 0.3 is 5.97 Å². The Hall–Kier alpha value is -3.49. The molecule has 32 heavy (non-hydrogen) atoms. The van der Waals surface area contributed by atoms with Gasteiger partial charge in [0.05, 0.1) is 22.7 Å². The van der Waals surface area contributed by atoms with Crippen LogP contribution in [0.2, 0.25) is 5.02 Å². The van der Waals surface area contributed by atoms with Crippen LogP contribution in [0.1, 0.15) is 16.1 Å². The number of halogens is 1. The zero-order valence-corrected chi connectivity index (χ0v) is 18.1. The minimum absolute atomic E-state index is 0.0792. The van der Waals surface area contributed by atoms with Gasteiger partial charge in [-0.15, -0.1) is 0 Å². The molecule has 0 unspecified atom stereocenters. The average molecular weight is 470 g/mol. The van der Waals surface area contributed by atoms with Gasteiger partial charge in [-0.25, -0.2) is 4.79 Å². The molecule has 9 heteroatoms. The molecule has 2 heterocycles. The predicted octanol–water partition coefficient (Wildman–Crippen LogP) is 5.27. The lowest BCUT2D eigenvalue weighted by molar-refractivity contribution is -0.123. The first-order chi connectivity index (χ1) is 15.5. The third kappa shape index (κ3) is 5.04. The number of imide groups is 1. The molecule has 7 nitrogen and oxygen atoms in total. The van der Waals surface area contributed by atoms with E-state index in [2.05, 4.69) is 0 Å². The maximum atomic E-state index is 12.7. The van der Waals surface area contributed by atoms with Crippen molar-refractivity contribution in [1.29, 1.82) is 0 Å². The number of carbonyl (C=O) groups is 3. The van der Waals surface area contributed by atoms with E-state index in [1.54, 1.807) is 60.7 Å². The first-order valence-corrected chi connectivity index (χ1v) is 10.7. The standard InChI is InChI=1S/C23H16ClNO6S/c24-17-7-1-2-8-18(17)30-12-10-25-21(26)20(32-23(25)28)14-15-5-3-6-16(13-15)31-22(27)19-9-4-11-29-19/h1-9,11,13-14H,10,12H2/b20-14-. The average Bonchev–Trinajstić information content (AvgIpc) is 3.40. The van der Waals surface area contributed by atoms with Crippen LogP contribution in [-0.4, -0.2) is 35.2 Å². The number of para-hydroxylation sites is 1. The number of thioether (sulfide) groups is 1. The normalized spacial score (nSPS) is 14.8. The number of hydrogen-bond acceptors (Lipinski definition) is 7. The highest BCUT2D eigenvalue weighted by Gasteiger charge is 2.34. The Morgan fingerprint density at radius 1 is 1.09 bits per heavy atom. The molecule has 0 N–H and O–H groups in total. The van der Waals surface area contributed by atoms with Gasteiger partial charge in [0, 0.05) is 0 Å². The summed E-state index contributed by atoms with van der Waals surface area (Å²) in [6.45, 7) is 0.210. The van der Waals surface area contributed by atoms with Gasteiger partial charge in [0.1, 0.15) is 18.1 Å². The summed E-state index contributed by atoms with van der Waals surface area (Å²) >= 11 is 6.88. The van der Waals surface area contributed by atoms with Gasteiger partial charge < -0.3 is 13.9 Å². The van der Waals surface area contributed by atoms with Gasteiger partial charge in [0.15, 0.2) is 0 Å². The van der Waals surface area contributed by atoms with Crippen molar-refractivity contribution >= 4 is 46.6 Å². The largest absolute Gasteiger partial charge is 0.490 e. The van der Waals surface area contributed by atoms with Crippen molar-refractivity contribution in [2.75, 3.05) is 13.2 Å². The van der Waals surface area contributed by atoms with E-state index in [0.717, 1.165) is 16.7 Å². The van der Waals surface area contributed by atoms with Crippen LogP contribution in [0.15, 0.2) is 76.2 Å². The second kappa shape index (κ2) is 9.76. The topological polar surface area (TPSA) is 86.0 Å². The number of ether oxygens (including phenoxy) is 2. The van der Waals surface area contributed by atoms with Crippen molar-refractivity contribution in [3.63, 3.8) is 0 Å². The number of amides is 2. The lowest BCUT2D eigenvalue weighted by atomic mass is 10.2. The summed E-state index contributed by atoms with van der Waals surface area (Å²) in [5.41, 5.74) is 0.604. The molecule has 0 atom stereocenters. The van der Waals surface area contributed by atoms with Crippen LogP contribution in [0.4, 0.5) is 4.79 Å². The lowest BCUT2D eigenvalue weighted by Crippen LogP contribution is -2.32. The second-order valence-electron chi connectivity index (χ2n) is 6.55. The molecule has 1 aromatic heterocycles. The summed E-state index contributed by atoms with van der Waals surface area (Å²) in [4.78, 5) is 38.4. The van der Waals surface area contributed by atoms with Gasteiger partial charge in [0.2, 0.25) is 5.76 Å². The highest BCUT2D eigenvalue weighted by Crippen LogP contribution is 2.33. The first-order valence-electron chi connectivity index (χ1n) is 9.50. The summed E-state index contributed by atoms with van der Waals surface area (Å²) in [5, 5.41) is 0.0681. The van der Waals surface area contributed by atoms with Gasteiger partial charge in [-0.05, 0) is 59.8 Å². The molecule has 2 aromatic carbocycles. The number of furan rings is 1. The van der Waals surface area contributed by atoms with E-state index in [1.807, 2.05) is 0 Å². The highest BCUT2D eigenvalue weighted by molar-refractivity contribution is 8.18. The molecule has 1 saturated heterocycles. The third-order valence-corrected chi connectivity index (χ3v) is 5.59. The van der Waals surface area contributed by atoms with E-state index in [1.165, 1.54) is 12.3 Å². The number of hydrogen-bond donors (Lipinski definition) is 0. The van der Waals surface area contributed by atoms with Crippen LogP contribution in [0.3, 0.4) is 0 Å². The number of esters is 1. The Bertz CT molecular complexity index is 1190. The summed E-state index contributed by atoms with van der Waals surface area (Å²) in [6, 6.07) is 16.7. The maximum absolute atomic E-state index is 12.7. The van der Waals surface area contributed by atoms with Crippen LogP contribution < -0.4 is 9.47 Å². The zero-order valence-electron chi connectivity index (χ0n) is 16.5. The lowest BCUT2D eigenvalue weighted by Gasteiger charge is -2.13. The Morgan fingerprint density at radius 3 is 2.72 bits per heavy atom. The highest BCUT2D eigenvalue weighted by atomic mass is 35.5. The molecule has 4 rings (SSSR count). The Morgan fingerprint density at radius 2 is 1.94 bits per heavy atom. The van der Waals surface area contributed by atoms with Crippen LogP contribution in [0.5, 0.6) is 11.5 Å². The summed E-state index contributed by atoms with van der Waals surface area (Å²) in [5.74, 6) is -0.202. The minimum Gasteiger partial charge on any atom is -0.490 e. The molecule has 162 valence electrons. The summed E-state index contributed by atoms with van der Waals surface area (Å²) < 4.78 is 15.9. The van der Waals surface area contributed by atoms with Gasteiger partial charge in [-0.1, -0.05) is 35.9 Å². The molecule has 1 fully saturated rings. The first kappa shape index (κ1) is 21.7. The molecule has 0 saturated carbocycles. The van der Waals surface area contributed by atoms with E-state index in [0.29, 0.717) is 16.3 Å². The van der Waals surface area contributed by atoms with Crippen molar-refractivity contribution in [2.45, 2.75) is 0 Å². The predicted molar refractivity (Wildman–Crippen MR) is 120 cm³/mol. The molecule has 1 aliphatic rings. The number of benzene rings is 2. The summed E-state index contributed by atoms with van der Waals surface area (Å²) in [6.07, 6.45) is 2.95. The fraction of sp³-hybridized carbons (Fsp3) is 0.0870. The van der Waals surface area contributed by atoms with Crippen molar-refractivity contribution in [3.8, 4) is 11.5 Å². The number of carbonyl (C=O) groups excluding carboxylic acids is 3. The monoisotopic (exact) mass is 469 g/mol. The quantitative estimate of drug-likeness (QED) is 0.265.